The first-order valence-electron chi connectivity index (χ1n) is 10.1. The zero-order valence-electron chi connectivity index (χ0n) is 17.7. The largest absolute Gasteiger partial charge is 0.456 e. The van der Waals surface area contributed by atoms with Gasteiger partial charge in [0.2, 0.25) is 0 Å². The van der Waals surface area contributed by atoms with Crippen molar-refractivity contribution in [1.29, 1.82) is 0 Å². The number of thioether (sulfide) groups is 1. The number of carbonyl (C=O) groups excluding carboxylic acids is 3. The van der Waals surface area contributed by atoms with Crippen LogP contribution in [0.3, 0.4) is 0 Å². The van der Waals surface area contributed by atoms with E-state index in [1.54, 1.807) is 23.9 Å². The van der Waals surface area contributed by atoms with Crippen molar-refractivity contribution in [2.75, 3.05) is 25.2 Å². The number of hydrogen-bond acceptors (Lipinski definition) is 6. The summed E-state index contributed by atoms with van der Waals surface area (Å²) in [5, 5.41) is 5.86. The minimum absolute atomic E-state index is 0.000405. The molecular formula is C22H32N2O4S. The summed E-state index contributed by atoms with van der Waals surface area (Å²) in [4.78, 5) is 37.2. The number of benzene rings is 1. The second-order valence-corrected chi connectivity index (χ2v) is 9.34. The standard InChI is InChI=1S/C22H32N2O4S/c1-22(2,3)16-9-7-15(8-10-16)20(26)24-18(11-13-29-4)21(27)28-14-19(25)17-6-5-12-23-17/h7-10,17-18,23H,5-6,11-14H2,1-4H3,(H,24,26). The number of hydrogen-bond donors (Lipinski definition) is 2. The number of Topliss-reactive ketones (excluding diaryl/α,β-unsaturated/α-hetero) is 1. The molecule has 0 bridgehead atoms. The summed E-state index contributed by atoms with van der Waals surface area (Å²) in [6, 6.07) is 6.38. The SMILES string of the molecule is CSCCC(NC(=O)c1ccc(C(C)(C)C)cc1)C(=O)OCC(=O)C1CCCN1. The Morgan fingerprint density at radius 3 is 2.48 bits per heavy atom. The third-order valence-corrected chi connectivity index (χ3v) is 5.66. The number of rotatable bonds is 9. The molecule has 1 heterocycles. The molecule has 2 atom stereocenters. The third-order valence-electron chi connectivity index (χ3n) is 5.02. The lowest BCUT2D eigenvalue weighted by Gasteiger charge is -2.20. The zero-order chi connectivity index (χ0) is 21.4. The summed E-state index contributed by atoms with van der Waals surface area (Å²) < 4.78 is 5.22. The lowest BCUT2D eigenvalue weighted by atomic mass is 9.86. The van der Waals surface area contributed by atoms with Crippen molar-refractivity contribution in [2.45, 2.75) is 57.5 Å². The molecule has 0 saturated carbocycles. The normalized spacial score (nSPS) is 17.6. The van der Waals surface area contributed by atoms with Crippen molar-refractivity contribution < 1.29 is 19.1 Å². The Hall–Kier alpha value is -1.86. The summed E-state index contributed by atoms with van der Waals surface area (Å²) in [7, 11) is 0. The molecular weight excluding hydrogens is 388 g/mol. The third kappa shape index (κ3) is 7.16. The summed E-state index contributed by atoms with van der Waals surface area (Å²) in [6.07, 6.45) is 4.10. The Morgan fingerprint density at radius 1 is 1.24 bits per heavy atom. The maximum Gasteiger partial charge on any atom is 0.329 e. The lowest BCUT2D eigenvalue weighted by molar-refractivity contribution is -0.150. The maximum atomic E-state index is 12.6. The number of ether oxygens (including phenoxy) is 1. The summed E-state index contributed by atoms with van der Waals surface area (Å²) in [5.74, 6) is -0.313. The fraction of sp³-hybridized carbons (Fsp3) is 0.591. The molecule has 1 saturated heterocycles. The average molecular weight is 421 g/mol. The smallest absolute Gasteiger partial charge is 0.329 e. The molecule has 1 fully saturated rings. The Kier molecular flexibility index (Phi) is 8.71. The molecule has 29 heavy (non-hydrogen) atoms. The van der Waals surface area contributed by atoms with Gasteiger partial charge in [0, 0.05) is 5.56 Å². The van der Waals surface area contributed by atoms with Crippen LogP contribution in [0.5, 0.6) is 0 Å². The monoisotopic (exact) mass is 420 g/mol. The molecule has 1 aromatic rings. The Balaban J connectivity index is 1.96. The van der Waals surface area contributed by atoms with Crippen molar-refractivity contribution in [3.8, 4) is 0 Å². The van der Waals surface area contributed by atoms with Gasteiger partial charge in [0.1, 0.15) is 6.04 Å². The van der Waals surface area contributed by atoms with Gasteiger partial charge >= 0.3 is 5.97 Å². The first-order chi connectivity index (χ1) is 13.7. The van der Waals surface area contributed by atoms with Gasteiger partial charge < -0.3 is 15.4 Å². The van der Waals surface area contributed by atoms with Gasteiger partial charge in [-0.2, -0.15) is 11.8 Å². The summed E-state index contributed by atoms with van der Waals surface area (Å²) >= 11 is 1.58. The van der Waals surface area contributed by atoms with E-state index in [4.69, 9.17) is 4.74 Å². The molecule has 7 heteroatoms. The van der Waals surface area contributed by atoms with Crippen LogP contribution in [-0.4, -0.2) is 54.9 Å². The van der Waals surface area contributed by atoms with Crippen LogP contribution in [-0.2, 0) is 19.7 Å². The highest BCUT2D eigenvalue weighted by atomic mass is 32.2. The second-order valence-electron chi connectivity index (χ2n) is 8.36. The summed E-state index contributed by atoms with van der Waals surface area (Å²) in [5.41, 5.74) is 1.62. The van der Waals surface area contributed by atoms with E-state index >= 15 is 0 Å². The number of nitrogens with one attached hydrogen (secondary N) is 2. The Morgan fingerprint density at radius 2 is 1.93 bits per heavy atom. The van der Waals surface area contributed by atoms with E-state index in [0.29, 0.717) is 17.7 Å². The highest BCUT2D eigenvalue weighted by Gasteiger charge is 2.26. The minimum Gasteiger partial charge on any atom is -0.456 e. The topological polar surface area (TPSA) is 84.5 Å². The molecule has 1 aliphatic heterocycles. The van der Waals surface area contributed by atoms with E-state index in [1.165, 1.54) is 0 Å². The molecule has 0 aliphatic carbocycles. The van der Waals surface area contributed by atoms with E-state index in [1.807, 2.05) is 18.4 Å². The van der Waals surface area contributed by atoms with E-state index in [-0.39, 0.29) is 29.8 Å². The van der Waals surface area contributed by atoms with Crippen LogP contribution in [0.4, 0.5) is 0 Å². The maximum absolute atomic E-state index is 12.6. The molecule has 160 valence electrons. The molecule has 1 aromatic carbocycles. The molecule has 2 rings (SSSR count). The first-order valence-corrected chi connectivity index (χ1v) is 11.4. The number of ketones is 1. The highest BCUT2D eigenvalue weighted by Crippen LogP contribution is 2.22. The van der Waals surface area contributed by atoms with Gasteiger partial charge in [0.25, 0.3) is 5.91 Å². The lowest BCUT2D eigenvalue weighted by Crippen LogP contribution is -2.43. The average Bonchev–Trinajstić information content (AvgIpc) is 3.23. The van der Waals surface area contributed by atoms with Crippen LogP contribution >= 0.6 is 11.8 Å². The zero-order valence-corrected chi connectivity index (χ0v) is 18.6. The van der Waals surface area contributed by atoms with Gasteiger partial charge in [-0.15, -0.1) is 0 Å². The summed E-state index contributed by atoms with van der Waals surface area (Å²) in [6.45, 7) is 6.88. The van der Waals surface area contributed by atoms with Crippen LogP contribution in [0, 0.1) is 0 Å². The minimum atomic E-state index is -0.776. The van der Waals surface area contributed by atoms with Crippen LogP contribution < -0.4 is 10.6 Å². The van der Waals surface area contributed by atoms with Crippen LogP contribution in [0.1, 0.15) is 56.0 Å². The molecule has 0 aromatic heterocycles. The van der Waals surface area contributed by atoms with Crippen molar-refractivity contribution >= 4 is 29.4 Å². The Labute approximate surface area is 177 Å². The predicted molar refractivity (Wildman–Crippen MR) is 116 cm³/mol. The van der Waals surface area contributed by atoms with E-state index in [0.717, 1.165) is 24.9 Å². The van der Waals surface area contributed by atoms with E-state index in [9.17, 15) is 14.4 Å². The molecule has 0 spiro atoms. The van der Waals surface area contributed by atoms with Crippen LogP contribution in [0.25, 0.3) is 0 Å². The van der Waals surface area contributed by atoms with Gasteiger partial charge in [-0.1, -0.05) is 32.9 Å². The number of esters is 1. The molecule has 0 radical (unpaired) electrons. The predicted octanol–water partition coefficient (Wildman–Crippen LogP) is 2.70. The van der Waals surface area contributed by atoms with Crippen molar-refractivity contribution in [1.82, 2.24) is 10.6 Å². The van der Waals surface area contributed by atoms with Crippen molar-refractivity contribution in [2.24, 2.45) is 0 Å². The highest BCUT2D eigenvalue weighted by molar-refractivity contribution is 7.98. The molecule has 1 aliphatic rings. The van der Waals surface area contributed by atoms with Gasteiger partial charge in [0.05, 0.1) is 6.04 Å². The quantitative estimate of drug-likeness (QED) is 0.598. The van der Waals surface area contributed by atoms with Gasteiger partial charge in [-0.3, -0.25) is 9.59 Å². The van der Waals surface area contributed by atoms with Gasteiger partial charge in [0.15, 0.2) is 12.4 Å². The van der Waals surface area contributed by atoms with Crippen molar-refractivity contribution in [3.63, 3.8) is 0 Å². The van der Waals surface area contributed by atoms with E-state index < -0.39 is 12.0 Å². The fourth-order valence-electron chi connectivity index (χ4n) is 3.15. The molecule has 6 nitrogen and oxygen atoms in total. The van der Waals surface area contributed by atoms with Gasteiger partial charge in [-0.25, -0.2) is 4.79 Å². The second kappa shape index (κ2) is 10.8. The fourth-order valence-corrected chi connectivity index (χ4v) is 3.62. The molecule has 2 unspecified atom stereocenters. The number of amides is 1. The Bertz CT molecular complexity index is 707. The molecule has 2 N–H and O–H groups in total. The number of carbonyl (C=O) groups is 3. The molecule has 1 amide bonds. The first kappa shape index (κ1) is 23.4. The van der Waals surface area contributed by atoms with Crippen LogP contribution in [0.15, 0.2) is 24.3 Å². The van der Waals surface area contributed by atoms with Gasteiger partial charge in [-0.05, 0) is 60.9 Å². The van der Waals surface area contributed by atoms with Crippen molar-refractivity contribution in [3.05, 3.63) is 35.4 Å². The van der Waals surface area contributed by atoms with E-state index in [2.05, 4.69) is 31.4 Å². The van der Waals surface area contributed by atoms with Crippen LogP contribution in [0.2, 0.25) is 0 Å².